The van der Waals surface area contributed by atoms with Crippen molar-refractivity contribution in [3.63, 3.8) is 0 Å². The summed E-state index contributed by atoms with van der Waals surface area (Å²) in [4.78, 5) is 8.09. The molecule has 2 rings (SSSR count). The van der Waals surface area contributed by atoms with E-state index >= 15 is 0 Å². The van der Waals surface area contributed by atoms with E-state index < -0.39 is 0 Å². The van der Waals surface area contributed by atoms with Gasteiger partial charge < -0.3 is 20.5 Å². The van der Waals surface area contributed by atoms with Gasteiger partial charge >= 0.3 is 0 Å². The van der Waals surface area contributed by atoms with Gasteiger partial charge in [-0.1, -0.05) is 12.1 Å². The third kappa shape index (κ3) is 2.85. The number of nitrogens with two attached hydrogens (primary N) is 1. The second-order valence-electron chi connectivity index (χ2n) is 3.72. The van der Waals surface area contributed by atoms with Crippen molar-refractivity contribution in [2.75, 3.05) is 24.7 Å². The molecule has 0 aliphatic carbocycles. The van der Waals surface area contributed by atoms with Gasteiger partial charge in [-0.05, 0) is 19.1 Å². The van der Waals surface area contributed by atoms with Crippen molar-refractivity contribution < 1.29 is 9.47 Å². The highest BCUT2D eigenvalue weighted by Crippen LogP contribution is 2.34. The van der Waals surface area contributed by atoms with Crippen LogP contribution in [-0.4, -0.2) is 23.6 Å². The van der Waals surface area contributed by atoms with Crippen molar-refractivity contribution >= 4 is 11.5 Å². The topological polar surface area (TPSA) is 82.3 Å². The van der Waals surface area contributed by atoms with E-state index in [1.807, 2.05) is 19.1 Å². The lowest BCUT2D eigenvalue weighted by Crippen LogP contribution is -2.06. The molecule has 2 aromatic rings. The Morgan fingerprint density at radius 1 is 1.21 bits per heavy atom. The van der Waals surface area contributed by atoms with E-state index in [1.165, 1.54) is 6.33 Å². The van der Waals surface area contributed by atoms with E-state index in [9.17, 15) is 0 Å². The Balaban J connectivity index is 2.30. The maximum atomic E-state index is 5.96. The molecule has 0 saturated carbocycles. The summed E-state index contributed by atoms with van der Waals surface area (Å²) in [6.07, 6.45) is 1.40. The molecule has 0 spiro atoms. The number of aromatic nitrogens is 2. The van der Waals surface area contributed by atoms with Crippen LogP contribution in [0.15, 0.2) is 30.6 Å². The number of ether oxygens (including phenoxy) is 2. The molecule has 3 N–H and O–H groups in total. The molecule has 0 amide bonds. The molecule has 0 saturated heterocycles. The average Bonchev–Trinajstić information content (AvgIpc) is 2.44. The third-order valence-corrected chi connectivity index (χ3v) is 2.47. The van der Waals surface area contributed by atoms with Crippen LogP contribution in [0.4, 0.5) is 11.5 Å². The molecule has 0 bridgehead atoms. The first kappa shape index (κ1) is 12.9. The highest BCUT2D eigenvalue weighted by Gasteiger charge is 2.11. The van der Waals surface area contributed by atoms with Crippen LogP contribution in [0.2, 0.25) is 0 Å². The van der Waals surface area contributed by atoms with Crippen molar-refractivity contribution in [1.82, 2.24) is 9.97 Å². The first-order chi connectivity index (χ1) is 9.26. The maximum absolute atomic E-state index is 5.96. The molecule has 100 valence electrons. The summed E-state index contributed by atoms with van der Waals surface area (Å²) >= 11 is 0. The summed E-state index contributed by atoms with van der Waals surface area (Å²) in [5.74, 6) is 2.03. The van der Waals surface area contributed by atoms with Gasteiger partial charge in [-0.25, -0.2) is 4.98 Å². The Morgan fingerprint density at radius 2 is 1.95 bits per heavy atom. The summed E-state index contributed by atoms with van der Waals surface area (Å²) < 4.78 is 10.9. The molecule has 1 aromatic carbocycles. The molecule has 1 aromatic heterocycles. The first-order valence-electron chi connectivity index (χ1n) is 5.91. The minimum atomic E-state index is 0.301. The van der Waals surface area contributed by atoms with Crippen LogP contribution < -0.4 is 20.5 Å². The number of hydrogen-bond acceptors (Lipinski definition) is 6. The average molecular weight is 260 g/mol. The molecule has 0 aliphatic heterocycles. The van der Waals surface area contributed by atoms with E-state index in [2.05, 4.69) is 15.3 Å². The Morgan fingerprint density at radius 3 is 2.63 bits per heavy atom. The molecule has 0 aliphatic rings. The van der Waals surface area contributed by atoms with Crippen molar-refractivity contribution in [2.24, 2.45) is 0 Å². The number of nitrogen functional groups attached to an aromatic ring is 1. The maximum Gasteiger partial charge on any atom is 0.248 e. The van der Waals surface area contributed by atoms with Crippen LogP contribution in [-0.2, 0) is 0 Å². The van der Waals surface area contributed by atoms with Gasteiger partial charge in [-0.15, -0.1) is 0 Å². The quantitative estimate of drug-likeness (QED) is 0.858. The number of nitrogens with zero attached hydrogens (tertiary/aromatic N) is 2. The Labute approximate surface area is 111 Å². The standard InChI is InChI=1S/C13H16N4O2/c1-3-15-12-11(14)13(17-8-16-12)19-10-7-5-4-6-9(10)18-2/h4-8H,3,14H2,1-2H3,(H,15,16,17). The van der Waals surface area contributed by atoms with E-state index in [4.69, 9.17) is 15.2 Å². The number of rotatable bonds is 5. The molecule has 1 heterocycles. The van der Waals surface area contributed by atoms with Crippen LogP contribution in [0.1, 0.15) is 6.92 Å². The lowest BCUT2D eigenvalue weighted by Gasteiger charge is -2.12. The highest BCUT2D eigenvalue weighted by molar-refractivity contribution is 5.67. The van der Waals surface area contributed by atoms with E-state index in [1.54, 1.807) is 19.2 Å². The van der Waals surface area contributed by atoms with E-state index in [0.29, 0.717) is 28.9 Å². The fraction of sp³-hybridized carbons (Fsp3) is 0.231. The first-order valence-corrected chi connectivity index (χ1v) is 5.91. The second-order valence-corrected chi connectivity index (χ2v) is 3.72. The molecule has 0 unspecified atom stereocenters. The van der Waals surface area contributed by atoms with Gasteiger partial charge in [-0.3, -0.25) is 0 Å². The third-order valence-electron chi connectivity index (χ3n) is 2.47. The second kappa shape index (κ2) is 5.90. The molecule has 6 nitrogen and oxygen atoms in total. The van der Waals surface area contributed by atoms with Gasteiger partial charge in [0.25, 0.3) is 0 Å². The fourth-order valence-corrected chi connectivity index (χ4v) is 1.58. The zero-order valence-electron chi connectivity index (χ0n) is 10.9. The van der Waals surface area contributed by atoms with Crippen LogP contribution in [0.25, 0.3) is 0 Å². The van der Waals surface area contributed by atoms with Crippen molar-refractivity contribution in [3.05, 3.63) is 30.6 Å². The molecule has 0 fully saturated rings. The number of nitrogens with one attached hydrogen (secondary N) is 1. The van der Waals surface area contributed by atoms with Gasteiger partial charge in [0.1, 0.15) is 12.0 Å². The van der Waals surface area contributed by atoms with Gasteiger partial charge in [0, 0.05) is 6.54 Å². The molecule has 0 radical (unpaired) electrons. The zero-order valence-corrected chi connectivity index (χ0v) is 10.9. The molecule has 0 atom stereocenters. The van der Waals surface area contributed by atoms with E-state index in [0.717, 1.165) is 6.54 Å². The Hall–Kier alpha value is -2.50. The van der Waals surface area contributed by atoms with Gasteiger partial charge in [-0.2, -0.15) is 4.98 Å². The van der Waals surface area contributed by atoms with E-state index in [-0.39, 0.29) is 0 Å². The fourth-order valence-electron chi connectivity index (χ4n) is 1.58. The number of hydrogen-bond donors (Lipinski definition) is 2. The predicted octanol–water partition coefficient (Wildman–Crippen LogP) is 2.29. The van der Waals surface area contributed by atoms with Gasteiger partial charge in [0.05, 0.1) is 7.11 Å². The van der Waals surface area contributed by atoms with Crippen LogP contribution >= 0.6 is 0 Å². The Bertz CT molecular complexity index is 560. The summed E-state index contributed by atoms with van der Waals surface area (Å²) in [6.45, 7) is 2.68. The highest BCUT2D eigenvalue weighted by atomic mass is 16.5. The van der Waals surface area contributed by atoms with Crippen LogP contribution in [0.3, 0.4) is 0 Å². The number of methoxy groups -OCH3 is 1. The minimum absolute atomic E-state index is 0.301. The number of benzene rings is 1. The summed E-state index contributed by atoms with van der Waals surface area (Å²) in [6, 6.07) is 7.30. The predicted molar refractivity (Wildman–Crippen MR) is 73.7 cm³/mol. The van der Waals surface area contributed by atoms with Crippen molar-refractivity contribution in [3.8, 4) is 17.4 Å². The largest absolute Gasteiger partial charge is 0.493 e. The normalized spacial score (nSPS) is 10.0. The number of anilines is 2. The number of para-hydroxylation sites is 2. The molecular weight excluding hydrogens is 244 g/mol. The van der Waals surface area contributed by atoms with Crippen LogP contribution in [0.5, 0.6) is 17.4 Å². The summed E-state index contributed by atoms with van der Waals surface area (Å²) in [5.41, 5.74) is 6.33. The SMILES string of the molecule is CCNc1ncnc(Oc2ccccc2OC)c1N. The van der Waals surface area contributed by atoms with Gasteiger partial charge in [0.2, 0.25) is 5.88 Å². The van der Waals surface area contributed by atoms with Crippen molar-refractivity contribution in [1.29, 1.82) is 0 Å². The summed E-state index contributed by atoms with van der Waals surface area (Å²) in [7, 11) is 1.58. The lowest BCUT2D eigenvalue weighted by atomic mass is 10.3. The Kier molecular flexibility index (Phi) is 4.02. The minimum Gasteiger partial charge on any atom is -0.493 e. The summed E-state index contributed by atoms with van der Waals surface area (Å²) in [5, 5.41) is 3.04. The van der Waals surface area contributed by atoms with Gasteiger partial charge in [0.15, 0.2) is 17.3 Å². The molecule has 19 heavy (non-hydrogen) atoms. The zero-order chi connectivity index (χ0) is 13.7. The van der Waals surface area contributed by atoms with Crippen LogP contribution in [0, 0.1) is 0 Å². The molecule has 6 heteroatoms. The smallest absolute Gasteiger partial charge is 0.248 e. The lowest BCUT2D eigenvalue weighted by molar-refractivity contribution is 0.374. The molecular formula is C13H16N4O2. The van der Waals surface area contributed by atoms with Crippen molar-refractivity contribution in [2.45, 2.75) is 6.92 Å². The monoisotopic (exact) mass is 260 g/mol.